The van der Waals surface area contributed by atoms with Gasteiger partial charge in [-0.25, -0.2) is 0 Å². The fraction of sp³-hybridized carbons (Fsp3) is 0.923. The highest BCUT2D eigenvalue weighted by molar-refractivity contribution is 5.78. The lowest BCUT2D eigenvalue weighted by atomic mass is 10.1. The zero-order chi connectivity index (χ0) is 12.7. The highest BCUT2D eigenvalue weighted by Crippen LogP contribution is 2.21. The van der Waals surface area contributed by atoms with E-state index in [9.17, 15) is 4.79 Å². The van der Waals surface area contributed by atoms with E-state index in [1.165, 1.54) is 12.8 Å². The summed E-state index contributed by atoms with van der Waals surface area (Å²) in [7, 11) is 0. The van der Waals surface area contributed by atoms with Crippen molar-refractivity contribution in [1.29, 1.82) is 0 Å². The van der Waals surface area contributed by atoms with Gasteiger partial charge in [0.15, 0.2) is 0 Å². The maximum absolute atomic E-state index is 12.0. The number of carbonyl (C=O) groups excluding carboxylic acids is 1. The molecule has 0 aromatic carbocycles. The molecule has 0 spiro atoms. The molecular formula is C13H26N2O2. The van der Waals surface area contributed by atoms with E-state index in [-0.39, 0.29) is 12.5 Å². The van der Waals surface area contributed by atoms with Gasteiger partial charge in [0.05, 0.1) is 6.54 Å². The fourth-order valence-electron chi connectivity index (χ4n) is 2.61. The van der Waals surface area contributed by atoms with E-state index in [2.05, 4.69) is 4.90 Å². The zero-order valence-electron chi connectivity index (χ0n) is 11.2. The van der Waals surface area contributed by atoms with E-state index in [1.807, 2.05) is 18.7 Å². The second-order valence-electron chi connectivity index (χ2n) is 4.70. The number of carbonyl (C=O) groups is 1. The Hall–Kier alpha value is -0.610. The van der Waals surface area contributed by atoms with Gasteiger partial charge in [-0.05, 0) is 46.1 Å². The Morgan fingerprint density at radius 3 is 2.71 bits per heavy atom. The van der Waals surface area contributed by atoms with Crippen molar-refractivity contribution in [3.05, 3.63) is 0 Å². The Kier molecular flexibility index (Phi) is 6.52. The van der Waals surface area contributed by atoms with Crippen molar-refractivity contribution in [3.8, 4) is 0 Å². The SMILES string of the molecule is CCN(CC)C(=O)CN1CCCC1CCCO. The second kappa shape index (κ2) is 7.67. The van der Waals surface area contributed by atoms with E-state index in [4.69, 9.17) is 5.11 Å². The lowest BCUT2D eigenvalue weighted by Gasteiger charge is -2.27. The molecule has 0 saturated carbocycles. The van der Waals surface area contributed by atoms with Crippen LogP contribution in [0.5, 0.6) is 0 Å². The minimum atomic E-state index is 0.242. The van der Waals surface area contributed by atoms with Gasteiger partial charge in [-0.1, -0.05) is 0 Å². The molecule has 1 amide bonds. The number of nitrogens with zero attached hydrogens (tertiary/aromatic N) is 2. The van der Waals surface area contributed by atoms with Crippen LogP contribution in [0.4, 0.5) is 0 Å². The molecule has 1 aliphatic rings. The first kappa shape index (κ1) is 14.5. The summed E-state index contributed by atoms with van der Waals surface area (Å²) in [5.41, 5.74) is 0. The van der Waals surface area contributed by atoms with Crippen LogP contribution in [-0.4, -0.2) is 59.6 Å². The van der Waals surface area contributed by atoms with Gasteiger partial charge in [0, 0.05) is 25.7 Å². The van der Waals surface area contributed by atoms with Gasteiger partial charge < -0.3 is 10.0 Å². The lowest BCUT2D eigenvalue weighted by Crippen LogP contribution is -2.42. The molecule has 0 bridgehead atoms. The monoisotopic (exact) mass is 242 g/mol. The molecule has 0 aromatic rings. The van der Waals surface area contributed by atoms with Crippen LogP contribution in [-0.2, 0) is 4.79 Å². The lowest BCUT2D eigenvalue weighted by molar-refractivity contribution is -0.132. The van der Waals surface area contributed by atoms with Crippen LogP contribution in [0.3, 0.4) is 0 Å². The van der Waals surface area contributed by atoms with Crippen LogP contribution in [0.25, 0.3) is 0 Å². The topological polar surface area (TPSA) is 43.8 Å². The third-order valence-corrected chi connectivity index (χ3v) is 3.65. The van der Waals surface area contributed by atoms with Crippen molar-refractivity contribution < 1.29 is 9.90 Å². The summed E-state index contributed by atoms with van der Waals surface area (Å²) in [6.07, 6.45) is 4.22. The maximum atomic E-state index is 12.0. The minimum Gasteiger partial charge on any atom is -0.396 e. The molecule has 17 heavy (non-hydrogen) atoms. The van der Waals surface area contributed by atoms with Crippen LogP contribution < -0.4 is 0 Å². The predicted octanol–water partition coefficient (Wildman–Crippen LogP) is 1.09. The quantitative estimate of drug-likeness (QED) is 0.727. The average molecular weight is 242 g/mol. The Morgan fingerprint density at radius 2 is 2.12 bits per heavy atom. The summed E-state index contributed by atoms with van der Waals surface area (Å²) in [4.78, 5) is 16.2. The first-order chi connectivity index (χ1) is 8.22. The highest BCUT2D eigenvalue weighted by atomic mass is 16.3. The van der Waals surface area contributed by atoms with Crippen LogP contribution in [0.15, 0.2) is 0 Å². The second-order valence-corrected chi connectivity index (χ2v) is 4.70. The number of likely N-dealkylation sites (N-methyl/N-ethyl adjacent to an activating group) is 1. The number of aliphatic hydroxyl groups excluding tert-OH is 1. The number of likely N-dealkylation sites (tertiary alicyclic amines) is 1. The smallest absolute Gasteiger partial charge is 0.236 e. The molecule has 1 aliphatic heterocycles. The zero-order valence-corrected chi connectivity index (χ0v) is 11.2. The van der Waals surface area contributed by atoms with Crippen molar-refractivity contribution >= 4 is 5.91 Å². The Morgan fingerprint density at radius 1 is 1.41 bits per heavy atom. The Bertz CT molecular complexity index is 229. The van der Waals surface area contributed by atoms with Gasteiger partial charge in [0.2, 0.25) is 5.91 Å². The molecule has 4 heteroatoms. The summed E-state index contributed by atoms with van der Waals surface area (Å²) in [6, 6.07) is 0.502. The summed E-state index contributed by atoms with van der Waals surface area (Å²) < 4.78 is 0. The van der Waals surface area contributed by atoms with Crippen molar-refractivity contribution in [2.75, 3.05) is 32.8 Å². The summed E-state index contributed by atoms with van der Waals surface area (Å²) in [6.45, 7) is 7.48. The van der Waals surface area contributed by atoms with Crippen molar-refractivity contribution in [2.24, 2.45) is 0 Å². The van der Waals surface area contributed by atoms with Gasteiger partial charge in [0.25, 0.3) is 0 Å². The summed E-state index contributed by atoms with van der Waals surface area (Å²) in [5, 5.41) is 8.87. The Labute approximate surface area is 105 Å². The van der Waals surface area contributed by atoms with Gasteiger partial charge in [-0.2, -0.15) is 0 Å². The molecule has 1 heterocycles. The molecule has 0 aliphatic carbocycles. The molecular weight excluding hydrogens is 216 g/mol. The molecule has 0 radical (unpaired) electrons. The third kappa shape index (κ3) is 4.28. The fourth-order valence-corrected chi connectivity index (χ4v) is 2.61. The molecule has 1 N–H and O–H groups in total. The van der Waals surface area contributed by atoms with E-state index in [0.717, 1.165) is 32.5 Å². The van der Waals surface area contributed by atoms with Crippen LogP contribution in [0.1, 0.15) is 39.5 Å². The van der Waals surface area contributed by atoms with Crippen LogP contribution in [0, 0.1) is 0 Å². The third-order valence-electron chi connectivity index (χ3n) is 3.65. The largest absolute Gasteiger partial charge is 0.396 e. The van der Waals surface area contributed by atoms with E-state index in [1.54, 1.807) is 0 Å². The molecule has 1 fully saturated rings. The number of rotatable bonds is 7. The van der Waals surface area contributed by atoms with Crippen molar-refractivity contribution in [1.82, 2.24) is 9.80 Å². The first-order valence-corrected chi connectivity index (χ1v) is 6.85. The van der Waals surface area contributed by atoms with E-state index < -0.39 is 0 Å². The molecule has 1 unspecified atom stereocenters. The maximum Gasteiger partial charge on any atom is 0.236 e. The molecule has 4 nitrogen and oxygen atoms in total. The number of amides is 1. The summed E-state index contributed by atoms with van der Waals surface area (Å²) >= 11 is 0. The number of aliphatic hydroxyl groups is 1. The highest BCUT2D eigenvalue weighted by Gasteiger charge is 2.26. The van der Waals surface area contributed by atoms with Gasteiger partial charge in [0.1, 0.15) is 0 Å². The van der Waals surface area contributed by atoms with Gasteiger partial charge in [-0.15, -0.1) is 0 Å². The number of hydrogen-bond acceptors (Lipinski definition) is 3. The average Bonchev–Trinajstić information content (AvgIpc) is 2.75. The summed E-state index contributed by atoms with van der Waals surface area (Å²) in [5.74, 6) is 0.242. The molecule has 1 atom stereocenters. The molecule has 0 aromatic heterocycles. The van der Waals surface area contributed by atoms with Crippen LogP contribution >= 0.6 is 0 Å². The van der Waals surface area contributed by atoms with Crippen molar-refractivity contribution in [2.45, 2.75) is 45.6 Å². The number of hydrogen-bond donors (Lipinski definition) is 1. The van der Waals surface area contributed by atoms with E-state index in [0.29, 0.717) is 12.6 Å². The minimum absolute atomic E-state index is 0.242. The van der Waals surface area contributed by atoms with Gasteiger partial charge >= 0.3 is 0 Å². The normalized spacial score (nSPS) is 20.8. The van der Waals surface area contributed by atoms with E-state index >= 15 is 0 Å². The molecule has 100 valence electrons. The molecule has 1 saturated heterocycles. The predicted molar refractivity (Wildman–Crippen MR) is 68.8 cm³/mol. The Balaban J connectivity index is 2.40. The van der Waals surface area contributed by atoms with Crippen LogP contribution in [0.2, 0.25) is 0 Å². The molecule has 1 rings (SSSR count). The standard InChI is InChI=1S/C13H26N2O2/c1-3-14(4-2)13(17)11-15-9-5-7-12(15)8-6-10-16/h12,16H,3-11H2,1-2H3. The van der Waals surface area contributed by atoms with Gasteiger partial charge in [-0.3, -0.25) is 9.69 Å². The van der Waals surface area contributed by atoms with Crippen molar-refractivity contribution in [3.63, 3.8) is 0 Å². The first-order valence-electron chi connectivity index (χ1n) is 6.85.